The molecule has 39 heavy (non-hydrogen) atoms. The Balaban J connectivity index is 1.53. The summed E-state index contributed by atoms with van der Waals surface area (Å²) in [5, 5.41) is 24.6. The van der Waals surface area contributed by atoms with Crippen molar-refractivity contribution in [2.24, 2.45) is 0 Å². The van der Waals surface area contributed by atoms with Gasteiger partial charge in [-0.15, -0.1) is 0 Å². The van der Waals surface area contributed by atoms with E-state index in [-0.39, 0.29) is 31.0 Å². The first-order chi connectivity index (χ1) is 18.7. The fourth-order valence-corrected chi connectivity index (χ4v) is 6.34. The minimum absolute atomic E-state index is 0.0882. The SMILES string of the molecule is CC1(C)COc2cccc3c2N1Cc1c(ccc(F)c1F)[C@@H]3N1[C@@H]2COCCN2C(=O)C2=C(O)C(O)C=CN21. The van der Waals surface area contributed by atoms with E-state index in [9.17, 15) is 19.4 Å². The number of amides is 1. The highest BCUT2D eigenvalue weighted by Crippen LogP contribution is 2.52. The number of halogens is 2. The minimum Gasteiger partial charge on any atom is -0.507 e. The highest BCUT2D eigenvalue weighted by molar-refractivity contribution is 5.95. The second-order valence-corrected chi connectivity index (χ2v) is 11.0. The van der Waals surface area contributed by atoms with Crippen molar-refractivity contribution >= 4 is 11.6 Å². The fourth-order valence-electron chi connectivity index (χ4n) is 6.34. The molecule has 5 heterocycles. The smallest absolute Gasteiger partial charge is 0.277 e. The number of rotatable bonds is 1. The van der Waals surface area contributed by atoms with Gasteiger partial charge in [-0.2, -0.15) is 5.01 Å². The number of morpholine rings is 1. The number of ether oxygens (including phenoxy) is 2. The van der Waals surface area contributed by atoms with Crippen LogP contribution in [0.1, 0.15) is 36.6 Å². The zero-order chi connectivity index (χ0) is 27.2. The second kappa shape index (κ2) is 8.41. The molecule has 0 saturated carbocycles. The van der Waals surface area contributed by atoms with Crippen molar-refractivity contribution in [1.29, 1.82) is 0 Å². The van der Waals surface area contributed by atoms with Crippen LogP contribution in [0.15, 0.2) is 54.1 Å². The minimum atomic E-state index is -1.35. The molecule has 0 radical (unpaired) electrons. The van der Waals surface area contributed by atoms with Crippen LogP contribution in [-0.4, -0.2) is 75.2 Å². The van der Waals surface area contributed by atoms with Gasteiger partial charge in [0.15, 0.2) is 23.1 Å². The molecule has 1 amide bonds. The lowest BCUT2D eigenvalue weighted by Crippen LogP contribution is -2.68. The maximum absolute atomic E-state index is 15.7. The molecule has 0 bridgehead atoms. The largest absolute Gasteiger partial charge is 0.507 e. The maximum atomic E-state index is 15.7. The average molecular weight is 539 g/mol. The Morgan fingerprint density at radius 1 is 1.13 bits per heavy atom. The lowest BCUT2D eigenvalue weighted by atomic mass is 9.92. The predicted octanol–water partition coefficient (Wildman–Crippen LogP) is 2.92. The maximum Gasteiger partial charge on any atom is 0.277 e. The topological polar surface area (TPSA) is 89.0 Å². The molecule has 0 spiro atoms. The normalized spacial score (nSPS) is 27.4. The van der Waals surface area contributed by atoms with Crippen LogP contribution in [0.4, 0.5) is 14.5 Å². The molecule has 204 valence electrons. The van der Waals surface area contributed by atoms with E-state index in [0.29, 0.717) is 24.5 Å². The van der Waals surface area contributed by atoms with Gasteiger partial charge in [0, 0.05) is 30.4 Å². The number of benzene rings is 2. The van der Waals surface area contributed by atoms with E-state index in [0.717, 1.165) is 17.3 Å². The molecule has 2 aromatic carbocycles. The zero-order valence-corrected chi connectivity index (χ0v) is 21.5. The number of para-hydroxylation sites is 1. The lowest BCUT2D eigenvalue weighted by Gasteiger charge is -2.55. The predicted molar refractivity (Wildman–Crippen MR) is 135 cm³/mol. The van der Waals surface area contributed by atoms with E-state index in [4.69, 9.17) is 9.47 Å². The molecule has 9 nitrogen and oxygen atoms in total. The molecule has 0 aromatic heterocycles. The van der Waals surface area contributed by atoms with Crippen LogP contribution in [0, 0.1) is 11.6 Å². The summed E-state index contributed by atoms with van der Waals surface area (Å²) in [6.45, 7) is 5.17. The van der Waals surface area contributed by atoms with Gasteiger partial charge in [-0.25, -0.2) is 8.78 Å². The molecule has 2 aromatic rings. The Morgan fingerprint density at radius 3 is 2.77 bits per heavy atom. The molecule has 2 fully saturated rings. The summed E-state index contributed by atoms with van der Waals surface area (Å²) in [7, 11) is 0. The van der Waals surface area contributed by atoms with E-state index in [2.05, 4.69) is 4.90 Å². The van der Waals surface area contributed by atoms with Gasteiger partial charge in [0.2, 0.25) is 0 Å². The van der Waals surface area contributed by atoms with Crippen LogP contribution in [0.25, 0.3) is 0 Å². The van der Waals surface area contributed by atoms with Crippen molar-refractivity contribution in [2.45, 2.75) is 44.2 Å². The van der Waals surface area contributed by atoms with Gasteiger partial charge in [-0.3, -0.25) is 9.80 Å². The van der Waals surface area contributed by atoms with Crippen LogP contribution < -0.4 is 9.64 Å². The van der Waals surface area contributed by atoms with Gasteiger partial charge in [0.1, 0.15) is 24.6 Å². The van der Waals surface area contributed by atoms with Crippen molar-refractivity contribution in [1.82, 2.24) is 14.9 Å². The first-order valence-electron chi connectivity index (χ1n) is 12.9. The number of aliphatic hydroxyl groups is 2. The van der Waals surface area contributed by atoms with Gasteiger partial charge in [0.25, 0.3) is 5.91 Å². The van der Waals surface area contributed by atoms with Crippen LogP contribution in [0.5, 0.6) is 5.75 Å². The van der Waals surface area contributed by atoms with E-state index in [1.165, 1.54) is 17.3 Å². The van der Waals surface area contributed by atoms with Crippen molar-refractivity contribution in [3.63, 3.8) is 0 Å². The van der Waals surface area contributed by atoms with Crippen LogP contribution in [-0.2, 0) is 16.1 Å². The molecule has 2 saturated heterocycles. The Hall–Kier alpha value is -3.67. The Bertz CT molecular complexity index is 1460. The number of hydrogen-bond acceptors (Lipinski definition) is 8. The van der Waals surface area contributed by atoms with Crippen LogP contribution in [0.2, 0.25) is 0 Å². The molecule has 5 aliphatic heterocycles. The summed E-state index contributed by atoms with van der Waals surface area (Å²) in [4.78, 5) is 17.2. The first-order valence-corrected chi connectivity index (χ1v) is 12.9. The highest BCUT2D eigenvalue weighted by Gasteiger charge is 2.52. The molecule has 1 unspecified atom stereocenters. The summed E-state index contributed by atoms with van der Waals surface area (Å²) in [5.41, 5.74) is 1.62. The number of aliphatic hydroxyl groups excluding tert-OH is 2. The van der Waals surface area contributed by atoms with Gasteiger partial charge in [-0.05, 0) is 37.6 Å². The van der Waals surface area contributed by atoms with Crippen molar-refractivity contribution in [2.75, 3.05) is 31.3 Å². The summed E-state index contributed by atoms with van der Waals surface area (Å²) in [5.74, 6) is -2.17. The number of nitrogens with zero attached hydrogens (tertiary/aromatic N) is 4. The fraction of sp³-hybridized carbons (Fsp3) is 0.393. The van der Waals surface area contributed by atoms with E-state index in [1.54, 1.807) is 11.0 Å². The average Bonchev–Trinajstić information content (AvgIpc) is 3.07. The van der Waals surface area contributed by atoms with E-state index in [1.807, 2.05) is 37.1 Å². The van der Waals surface area contributed by atoms with Crippen LogP contribution in [0.3, 0.4) is 0 Å². The van der Waals surface area contributed by atoms with Crippen molar-refractivity contribution in [3.8, 4) is 5.75 Å². The second-order valence-electron chi connectivity index (χ2n) is 11.0. The van der Waals surface area contributed by atoms with E-state index < -0.39 is 47.2 Å². The summed E-state index contributed by atoms with van der Waals surface area (Å²) >= 11 is 0. The van der Waals surface area contributed by atoms with Gasteiger partial charge < -0.3 is 29.5 Å². The number of fused-ring (bicyclic) bond motifs is 3. The standard InChI is InChI=1S/C28H28F2N4O5/c1-28(2)14-39-20-5-3-4-16-23(15-6-7-18(29)22(30)17(15)12-32(28)24(16)20)34-21-13-38-11-10-31(21)27(37)25-26(36)19(35)8-9-33(25)34/h3-9,19,21,23,35-36H,10-14H2,1-2H3/t19?,21-,23+/m1/s1. The van der Waals surface area contributed by atoms with E-state index >= 15 is 4.39 Å². The Labute approximate surface area is 223 Å². The molecule has 7 rings (SSSR count). The monoisotopic (exact) mass is 538 g/mol. The van der Waals surface area contributed by atoms with Crippen LogP contribution >= 0.6 is 0 Å². The molecular weight excluding hydrogens is 510 g/mol. The van der Waals surface area contributed by atoms with Gasteiger partial charge >= 0.3 is 0 Å². The number of hydrogen-bond donors (Lipinski definition) is 2. The Morgan fingerprint density at radius 2 is 1.95 bits per heavy atom. The molecule has 3 atom stereocenters. The highest BCUT2D eigenvalue weighted by atomic mass is 19.2. The Kier molecular flexibility index (Phi) is 5.26. The third kappa shape index (κ3) is 3.36. The quantitative estimate of drug-likeness (QED) is 0.573. The summed E-state index contributed by atoms with van der Waals surface area (Å²) in [6, 6.07) is 7.60. The zero-order valence-electron chi connectivity index (χ0n) is 21.5. The number of anilines is 1. The van der Waals surface area contributed by atoms with Gasteiger partial charge in [-0.1, -0.05) is 18.2 Å². The lowest BCUT2D eigenvalue weighted by molar-refractivity contribution is -0.190. The van der Waals surface area contributed by atoms with Gasteiger partial charge in [0.05, 0.1) is 30.5 Å². The number of carbonyl (C=O) groups is 1. The molecule has 2 N–H and O–H groups in total. The molecule has 0 aliphatic carbocycles. The molecule has 5 aliphatic rings. The number of hydrazine groups is 1. The van der Waals surface area contributed by atoms with Crippen molar-refractivity contribution in [3.05, 3.63) is 82.4 Å². The third-order valence-electron chi connectivity index (χ3n) is 8.30. The summed E-state index contributed by atoms with van der Waals surface area (Å²) < 4.78 is 42.4. The third-order valence-corrected chi connectivity index (χ3v) is 8.30. The van der Waals surface area contributed by atoms with Crippen molar-refractivity contribution < 1.29 is 33.3 Å². The molecular formula is C28H28F2N4O5. The number of carbonyl (C=O) groups excluding carboxylic acids is 1. The molecule has 11 heteroatoms. The summed E-state index contributed by atoms with van der Waals surface area (Å²) in [6.07, 6.45) is 0.928. The first kappa shape index (κ1) is 24.4.